The Balaban J connectivity index is 2.87. The summed E-state index contributed by atoms with van der Waals surface area (Å²) in [6.07, 6.45) is 1.90. The molecule has 1 heterocycles. The van der Waals surface area contributed by atoms with Gasteiger partial charge in [0, 0.05) is 6.54 Å². The Bertz CT molecular complexity index is 311. The van der Waals surface area contributed by atoms with Gasteiger partial charge in [0.25, 0.3) is 5.91 Å². The van der Waals surface area contributed by atoms with Crippen LogP contribution >= 0.6 is 23.1 Å². The first kappa shape index (κ1) is 10.3. The quantitative estimate of drug-likeness (QED) is 0.746. The predicted octanol–water partition coefficient (Wildman–Crippen LogP) is 1.20. The van der Waals surface area contributed by atoms with Crippen LogP contribution in [0.4, 0.5) is 5.00 Å². The topological polar surface area (TPSA) is 68.0 Å². The average molecular weight is 217 g/mol. The van der Waals surface area contributed by atoms with E-state index < -0.39 is 0 Å². The smallest absolute Gasteiger partial charge is 0.272 e. The highest BCUT2D eigenvalue weighted by Gasteiger charge is 2.14. The van der Waals surface area contributed by atoms with E-state index in [1.165, 1.54) is 23.1 Å². The van der Waals surface area contributed by atoms with E-state index in [-0.39, 0.29) is 5.91 Å². The third-order valence-corrected chi connectivity index (χ3v) is 3.23. The van der Waals surface area contributed by atoms with Gasteiger partial charge in [0.15, 0.2) is 10.0 Å². The van der Waals surface area contributed by atoms with Crippen LogP contribution in [0.5, 0.6) is 0 Å². The summed E-state index contributed by atoms with van der Waals surface area (Å²) in [6, 6.07) is 0. The molecule has 0 spiro atoms. The van der Waals surface area contributed by atoms with Crippen molar-refractivity contribution in [1.29, 1.82) is 0 Å². The van der Waals surface area contributed by atoms with Gasteiger partial charge in [-0.05, 0) is 13.2 Å². The Hall–Kier alpha value is -0.750. The number of rotatable bonds is 3. The molecule has 1 rings (SSSR count). The van der Waals surface area contributed by atoms with Crippen LogP contribution in [-0.2, 0) is 0 Å². The van der Waals surface area contributed by atoms with Crippen LogP contribution < -0.4 is 11.1 Å². The molecule has 6 heteroatoms. The van der Waals surface area contributed by atoms with Crippen molar-refractivity contribution in [2.24, 2.45) is 0 Å². The van der Waals surface area contributed by atoms with Crippen molar-refractivity contribution < 1.29 is 4.79 Å². The molecule has 0 saturated carbocycles. The third kappa shape index (κ3) is 2.35. The second-order valence-corrected chi connectivity index (χ2v) is 4.34. The predicted molar refractivity (Wildman–Crippen MR) is 56.3 cm³/mol. The molecule has 0 unspecified atom stereocenters. The van der Waals surface area contributed by atoms with E-state index in [0.29, 0.717) is 17.2 Å². The van der Waals surface area contributed by atoms with E-state index in [4.69, 9.17) is 5.73 Å². The highest BCUT2D eigenvalue weighted by atomic mass is 32.2. The van der Waals surface area contributed by atoms with Crippen molar-refractivity contribution in [2.45, 2.75) is 11.3 Å². The normalized spacial score (nSPS) is 10.0. The first-order chi connectivity index (χ1) is 6.19. The van der Waals surface area contributed by atoms with Crippen molar-refractivity contribution in [3.63, 3.8) is 0 Å². The zero-order chi connectivity index (χ0) is 9.84. The molecule has 0 radical (unpaired) electrons. The Labute approximate surface area is 84.9 Å². The van der Waals surface area contributed by atoms with Gasteiger partial charge in [0.1, 0.15) is 5.00 Å². The summed E-state index contributed by atoms with van der Waals surface area (Å²) >= 11 is 2.82. The van der Waals surface area contributed by atoms with E-state index in [9.17, 15) is 4.79 Å². The number of nitrogens with one attached hydrogen (secondary N) is 1. The maximum absolute atomic E-state index is 11.3. The fourth-order valence-electron chi connectivity index (χ4n) is 0.806. The maximum Gasteiger partial charge on any atom is 0.272 e. The van der Waals surface area contributed by atoms with Crippen LogP contribution in [-0.4, -0.2) is 23.7 Å². The molecular weight excluding hydrogens is 206 g/mol. The lowest BCUT2D eigenvalue weighted by molar-refractivity contribution is 0.0952. The number of carbonyl (C=O) groups excluding carboxylic acids is 1. The number of carbonyl (C=O) groups is 1. The van der Waals surface area contributed by atoms with Crippen molar-refractivity contribution in [3.8, 4) is 0 Å². The first-order valence-electron chi connectivity index (χ1n) is 3.77. The van der Waals surface area contributed by atoms with Gasteiger partial charge in [0.05, 0.1) is 0 Å². The number of amides is 1. The first-order valence-corrected chi connectivity index (χ1v) is 5.81. The number of nitrogens with zero attached hydrogens (tertiary/aromatic N) is 1. The molecular formula is C7H11N3OS2. The lowest BCUT2D eigenvalue weighted by Gasteiger charge is -1.97. The van der Waals surface area contributed by atoms with E-state index in [1.54, 1.807) is 0 Å². The van der Waals surface area contributed by atoms with Crippen LogP contribution in [0.25, 0.3) is 0 Å². The standard InChI is InChI=1S/C7H11N3OS2/c1-3-9-6(11)4-5(8)13-7(10-4)12-2/h3,8H2,1-2H3,(H,9,11). The number of anilines is 1. The zero-order valence-corrected chi connectivity index (χ0v) is 9.09. The minimum absolute atomic E-state index is 0.198. The number of thioether (sulfide) groups is 1. The molecule has 1 aromatic heterocycles. The molecule has 0 fully saturated rings. The second kappa shape index (κ2) is 4.48. The molecule has 0 aliphatic heterocycles. The highest BCUT2D eigenvalue weighted by Crippen LogP contribution is 2.27. The van der Waals surface area contributed by atoms with Gasteiger partial charge < -0.3 is 11.1 Å². The van der Waals surface area contributed by atoms with Gasteiger partial charge in [-0.15, -0.1) is 0 Å². The maximum atomic E-state index is 11.3. The van der Waals surface area contributed by atoms with Crippen molar-refractivity contribution in [1.82, 2.24) is 10.3 Å². The van der Waals surface area contributed by atoms with Crippen molar-refractivity contribution >= 4 is 34.0 Å². The van der Waals surface area contributed by atoms with Crippen LogP contribution in [0.3, 0.4) is 0 Å². The van der Waals surface area contributed by atoms with Crippen LogP contribution in [0, 0.1) is 0 Å². The number of nitrogen functional groups attached to an aromatic ring is 1. The fourth-order valence-corrected chi connectivity index (χ4v) is 2.15. The highest BCUT2D eigenvalue weighted by molar-refractivity contribution is 8.00. The van der Waals surface area contributed by atoms with Crippen LogP contribution in [0.1, 0.15) is 17.4 Å². The van der Waals surface area contributed by atoms with E-state index >= 15 is 0 Å². The number of hydrogen-bond acceptors (Lipinski definition) is 5. The lowest BCUT2D eigenvalue weighted by atomic mass is 10.4. The van der Waals surface area contributed by atoms with Gasteiger partial charge >= 0.3 is 0 Å². The van der Waals surface area contributed by atoms with E-state index in [1.807, 2.05) is 13.2 Å². The molecule has 72 valence electrons. The summed E-state index contributed by atoms with van der Waals surface area (Å²) in [5.41, 5.74) is 5.97. The molecule has 3 N–H and O–H groups in total. The molecule has 0 aliphatic rings. The van der Waals surface area contributed by atoms with Crippen molar-refractivity contribution in [3.05, 3.63) is 5.69 Å². The van der Waals surface area contributed by atoms with Crippen LogP contribution in [0.2, 0.25) is 0 Å². The summed E-state index contributed by atoms with van der Waals surface area (Å²) in [5.74, 6) is -0.198. The SMILES string of the molecule is CCNC(=O)c1nc(SC)sc1N. The van der Waals surface area contributed by atoms with Crippen molar-refractivity contribution in [2.75, 3.05) is 18.5 Å². The fraction of sp³-hybridized carbons (Fsp3) is 0.429. The molecule has 13 heavy (non-hydrogen) atoms. The van der Waals surface area contributed by atoms with Gasteiger partial charge in [-0.1, -0.05) is 23.1 Å². The molecule has 0 saturated heterocycles. The van der Waals surface area contributed by atoms with E-state index in [0.717, 1.165) is 4.34 Å². The summed E-state index contributed by atoms with van der Waals surface area (Å²) in [5, 5.41) is 3.14. The number of hydrogen-bond donors (Lipinski definition) is 2. The molecule has 4 nitrogen and oxygen atoms in total. The van der Waals surface area contributed by atoms with Gasteiger partial charge in [-0.25, -0.2) is 4.98 Å². The molecule has 1 aromatic rings. The number of nitrogens with two attached hydrogens (primary N) is 1. The summed E-state index contributed by atoms with van der Waals surface area (Å²) in [6.45, 7) is 2.44. The molecule has 0 bridgehead atoms. The minimum atomic E-state index is -0.198. The summed E-state index contributed by atoms with van der Waals surface area (Å²) < 4.78 is 0.818. The lowest BCUT2D eigenvalue weighted by Crippen LogP contribution is -2.23. The minimum Gasteiger partial charge on any atom is -0.389 e. The van der Waals surface area contributed by atoms with Gasteiger partial charge in [-0.2, -0.15) is 0 Å². The Kier molecular flexibility index (Phi) is 3.56. The van der Waals surface area contributed by atoms with E-state index in [2.05, 4.69) is 10.3 Å². The Morgan fingerprint density at radius 3 is 2.92 bits per heavy atom. The molecule has 0 atom stereocenters. The second-order valence-electron chi connectivity index (χ2n) is 2.26. The third-order valence-electron chi connectivity index (χ3n) is 1.36. The molecule has 0 aliphatic carbocycles. The molecule has 1 amide bonds. The van der Waals surface area contributed by atoms with Crippen LogP contribution in [0.15, 0.2) is 4.34 Å². The Morgan fingerprint density at radius 1 is 1.77 bits per heavy atom. The molecule has 0 aromatic carbocycles. The largest absolute Gasteiger partial charge is 0.389 e. The van der Waals surface area contributed by atoms with Gasteiger partial charge in [-0.3, -0.25) is 4.79 Å². The van der Waals surface area contributed by atoms with Gasteiger partial charge in [0.2, 0.25) is 0 Å². The number of thiazole rings is 1. The Morgan fingerprint density at radius 2 is 2.46 bits per heavy atom. The average Bonchev–Trinajstić information content (AvgIpc) is 2.47. The summed E-state index contributed by atoms with van der Waals surface area (Å²) in [4.78, 5) is 15.4. The zero-order valence-electron chi connectivity index (χ0n) is 7.46. The number of aromatic nitrogens is 1. The monoisotopic (exact) mass is 217 g/mol. The summed E-state index contributed by atoms with van der Waals surface area (Å²) in [7, 11) is 0.